The molecular formula is C17H17NO3S. The van der Waals surface area contributed by atoms with Gasteiger partial charge in [0.25, 0.3) is 0 Å². The molecule has 1 heterocycles. The summed E-state index contributed by atoms with van der Waals surface area (Å²) >= 11 is 0. The largest absolute Gasteiger partial charge is 0.508 e. The average Bonchev–Trinajstić information content (AvgIpc) is 2.93. The maximum Gasteiger partial charge on any atom is 0.242 e. The molecule has 1 aromatic heterocycles. The Balaban J connectivity index is 0.000000211. The Kier molecular flexibility index (Phi) is 5.01. The summed E-state index contributed by atoms with van der Waals surface area (Å²) in [6, 6.07) is 17.9. The zero-order valence-corrected chi connectivity index (χ0v) is 12.8. The molecule has 0 saturated carbocycles. The minimum Gasteiger partial charge on any atom is -0.508 e. The van der Waals surface area contributed by atoms with Gasteiger partial charge in [-0.1, -0.05) is 42.5 Å². The minimum atomic E-state index is -3.29. The van der Waals surface area contributed by atoms with Crippen molar-refractivity contribution in [3.63, 3.8) is 0 Å². The molecule has 114 valence electrons. The lowest BCUT2D eigenvalue weighted by molar-refractivity contribution is 0.475. The fourth-order valence-corrected chi connectivity index (χ4v) is 3.13. The molecule has 0 atom stereocenters. The van der Waals surface area contributed by atoms with Crippen molar-refractivity contribution in [3.05, 3.63) is 79.5 Å². The van der Waals surface area contributed by atoms with Gasteiger partial charge in [0.05, 0.1) is 11.3 Å². The lowest BCUT2D eigenvalue weighted by Crippen LogP contribution is -2.13. The molecule has 5 heteroatoms. The van der Waals surface area contributed by atoms with E-state index in [4.69, 9.17) is 5.11 Å². The maximum absolute atomic E-state index is 11.8. The van der Waals surface area contributed by atoms with Crippen molar-refractivity contribution < 1.29 is 13.5 Å². The molecule has 0 aliphatic heterocycles. The van der Waals surface area contributed by atoms with E-state index in [1.165, 1.54) is 10.0 Å². The van der Waals surface area contributed by atoms with E-state index in [1.54, 1.807) is 42.6 Å². The van der Waals surface area contributed by atoms with Crippen molar-refractivity contribution in [1.82, 2.24) is 3.97 Å². The van der Waals surface area contributed by atoms with Gasteiger partial charge in [0.15, 0.2) is 0 Å². The third-order valence-corrected chi connectivity index (χ3v) is 4.52. The van der Waals surface area contributed by atoms with Crippen LogP contribution in [0.25, 0.3) is 10.9 Å². The highest BCUT2D eigenvalue weighted by molar-refractivity contribution is 7.90. The van der Waals surface area contributed by atoms with Crippen LogP contribution in [0.5, 0.6) is 5.75 Å². The van der Waals surface area contributed by atoms with Gasteiger partial charge in [0.1, 0.15) is 5.75 Å². The number of phenols is 1. The molecule has 4 nitrogen and oxygen atoms in total. The number of hydrogen-bond donors (Lipinski definition) is 1. The molecule has 3 aromatic rings. The van der Waals surface area contributed by atoms with E-state index in [1.807, 2.05) is 24.3 Å². The van der Waals surface area contributed by atoms with Gasteiger partial charge < -0.3 is 5.11 Å². The van der Waals surface area contributed by atoms with Crippen LogP contribution in [-0.4, -0.2) is 23.2 Å². The van der Waals surface area contributed by atoms with Gasteiger partial charge in [0.2, 0.25) is 10.0 Å². The highest BCUT2D eigenvalue weighted by atomic mass is 32.2. The third-order valence-electron chi connectivity index (χ3n) is 2.95. The van der Waals surface area contributed by atoms with E-state index in [0.29, 0.717) is 11.3 Å². The Bertz CT molecular complexity index is 852. The van der Waals surface area contributed by atoms with Crippen LogP contribution in [-0.2, 0) is 10.0 Å². The molecule has 22 heavy (non-hydrogen) atoms. The van der Waals surface area contributed by atoms with Crippen LogP contribution >= 0.6 is 0 Å². The number of para-hydroxylation sites is 2. The number of hydrogen-bond acceptors (Lipinski definition) is 3. The van der Waals surface area contributed by atoms with Gasteiger partial charge in [-0.15, -0.1) is 6.58 Å². The van der Waals surface area contributed by atoms with Crippen LogP contribution in [0.4, 0.5) is 0 Å². The van der Waals surface area contributed by atoms with Gasteiger partial charge >= 0.3 is 0 Å². The zero-order valence-electron chi connectivity index (χ0n) is 12.0. The first kappa shape index (κ1) is 15.9. The second-order valence-electron chi connectivity index (χ2n) is 4.57. The molecule has 0 fully saturated rings. The summed E-state index contributed by atoms with van der Waals surface area (Å²) < 4.78 is 24.9. The first-order chi connectivity index (χ1) is 10.5. The molecule has 0 spiro atoms. The van der Waals surface area contributed by atoms with Crippen molar-refractivity contribution in [2.24, 2.45) is 0 Å². The molecule has 2 aromatic carbocycles. The Morgan fingerprint density at radius 3 is 2.23 bits per heavy atom. The fourth-order valence-electron chi connectivity index (χ4n) is 1.96. The van der Waals surface area contributed by atoms with Gasteiger partial charge in [-0.05, 0) is 24.3 Å². The number of rotatable bonds is 3. The average molecular weight is 315 g/mol. The smallest absolute Gasteiger partial charge is 0.242 e. The molecule has 0 radical (unpaired) electrons. The van der Waals surface area contributed by atoms with Crippen molar-refractivity contribution in [2.45, 2.75) is 0 Å². The molecule has 3 rings (SSSR count). The Labute approximate surface area is 130 Å². The van der Waals surface area contributed by atoms with E-state index in [0.717, 1.165) is 5.39 Å². The van der Waals surface area contributed by atoms with E-state index in [2.05, 4.69) is 6.58 Å². The molecule has 0 amide bonds. The predicted octanol–water partition coefficient (Wildman–Crippen LogP) is 3.40. The van der Waals surface area contributed by atoms with Crippen molar-refractivity contribution >= 4 is 20.9 Å². The summed E-state index contributed by atoms with van der Waals surface area (Å²) in [4.78, 5) is 0. The first-order valence-corrected chi connectivity index (χ1v) is 8.30. The number of nitrogens with zero attached hydrogens (tertiary/aromatic N) is 1. The van der Waals surface area contributed by atoms with E-state index in [9.17, 15) is 8.42 Å². The zero-order chi connectivity index (χ0) is 16.0. The first-order valence-electron chi connectivity index (χ1n) is 6.69. The van der Waals surface area contributed by atoms with Crippen LogP contribution in [0.2, 0.25) is 0 Å². The summed E-state index contributed by atoms with van der Waals surface area (Å²) in [5.74, 6) is 0.272. The third kappa shape index (κ3) is 3.77. The molecule has 1 N–H and O–H groups in total. The minimum absolute atomic E-state index is 0.0499. The molecule has 0 unspecified atom stereocenters. The highest BCUT2D eigenvalue weighted by Gasteiger charge is 2.12. The molecule has 0 saturated heterocycles. The van der Waals surface area contributed by atoms with E-state index in [-0.39, 0.29) is 5.75 Å². The van der Waals surface area contributed by atoms with Crippen LogP contribution in [0, 0.1) is 0 Å². The molecule has 0 bridgehead atoms. The SMILES string of the molecule is C=CCS(=O)(=O)n1ccc2ccccc21.Oc1ccccc1. The maximum atomic E-state index is 11.8. The van der Waals surface area contributed by atoms with Crippen molar-refractivity contribution in [2.75, 3.05) is 5.75 Å². The van der Waals surface area contributed by atoms with Gasteiger partial charge in [-0.2, -0.15) is 0 Å². The summed E-state index contributed by atoms with van der Waals surface area (Å²) in [6.07, 6.45) is 2.97. The van der Waals surface area contributed by atoms with Crippen LogP contribution in [0.15, 0.2) is 79.5 Å². The number of phenolic OH excluding ortho intramolecular Hbond substituents is 1. The van der Waals surface area contributed by atoms with Crippen molar-refractivity contribution in [1.29, 1.82) is 0 Å². The monoisotopic (exact) mass is 315 g/mol. The summed E-state index contributed by atoms with van der Waals surface area (Å²) in [5.41, 5.74) is 0.708. The molecule has 0 aliphatic carbocycles. The summed E-state index contributed by atoms with van der Waals surface area (Å²) in [5, 5.41) is 9.55. The predicted molar refractivity (Wildman–Crippen MR) is 89.4 cm³/mol. The van der Waals surface area contributed by atoms with Gasteiger partial charge in [-0.3, -0.25) is 0 Å². The lowest BCUT2D eigenvalue weighted by Gasteiger charge is -2.04. The fraction of sp³-hybridized carbons (Fsp3) is 0.0588. The van der Waals surface area contributed by atoms with Gasteiger partial charge in [0, 0.05) is 11.6 Å². The Morgan fingerprint density at radius 1 is 1.00 bits per heavy atom. The number of aromatic nitrogens is 1. The standard InChI is InChI=1S/C11H11NO2S.C6H6O/c1-2-9-15(13,14)12-8-7-10-5-3-4-6-11(10)12;7-6-4-2-1-3-5-6/h2-8H,1,9H2;1-5,7H. The summed E-state index contributed by atoms with van der Waals surface area (Å²) in [7, 11) is -3.29. The normalized spacial score (nSPS) is 10.7. The Hall–Kier alpha value is -2.53. The van der Waals surface area contributed by atoms with Gasteiger partial charge in [-0.25, -0.2) is 12.4 Å². The Morgan fingerprint density at radius 2 is 1.64 bits per heavy atom. The molecular weight excluding hydrogens is 298 g/mol. The highest BCUT2D eigenvalue weighted by Crippen LogP contribution is 2.17. The number of fused-ring (bicyclic) bond motifs is 1. The molecule has 0 aliphatic rings. The lowest BCUT2D eigenvalue weighted by atomic mass is 10.3. The summed E-state index contributed by atoms with van der Waals surface area (Å²) in [6.45, 7) is 3.44. The van der Waals surface area contributed by atoms with Crippen LogP contribution in [0.3, 0.4) is 0 Å². The number of aromatic hydroxyl groups is 1. The van der Waals surface area contributed by atoms with Crippen LogP contribution < -0.4 is 0 Å². The quantitative estimate of drug-likeness (QED) is 0.754. The second-order valence-corrected chi connectivity index (χ2v) is 6.46. The van der Waals surface area contributed by atoms with Crippen LogP contribution in [0.1, 0.15) is 0 Å². The van der Waals surface area contributed by atoms with E-state index < -0.39 is 10.0 Å². The second kappa shape index (κ2) is 6.95. The topological polar surface area (TPSA) is 59.3 Å². The van der Waals surface area contributed by atoms with Crippen molar-refractivity contribution in [3.8, 4) is 5.75 Å². The number of benzene rings is 2. The van der Waals surface area contributed by atoms with E-state index >= 15 is 0 Å².